The Labute approximate surface area is 133 Å². The monoisotopic (exact) mass is 311 g/mol. The van der Waals surface area contributed by atoms with Gasteiger partial charge in [-0.15, -0.1) is 0 Å². The van der Waals surface area contributed by atoms with Crippen molar-refractivity contribution in [2.75, 3.05) is 33.9 Å². The summed E-state index contributed by atoms with van der Waals surface area (Å²) < 4.78 is 5.32. The number of rotatable bonds is 8. The minimum atomic E-state index is 0.762. The summed E-state index contributed by atoms with van der Waals surface area (Å²) >= 11 is 5.90. The molecule has 118 valence electrons. The first-order valence-electron chi connectivity index (χ1n) is 7.41. The molecule has 0 spiro atoms. The van der Waals surface area contributed by atoms with Crippen LogP contribution in [0.3, 0.4) is 0 Å². The van der Waals surface area contributed by atoms with Crippen molar-refractivity contribution in [1.29, 1.82) is 0 Å². The van der Waals surface area contributed by atoms with Gasteiger partial charge in [0.2, 0.25) is 0 Å². The molecule has 4 nitrogen and oxygen atoms in total. The molecule has 0 saturated heterocycles. The zero-order valence-corrected chi connectivity index (χ0v) is 14.0. The largest absolute Gasteiger partial charge is 0.382 e. The van der Waals surface area contributed by atoms with Gasteiger partial charge in [0.1, 0.15) is 0 Å². The Hall–Kier alpha value is -1.26. The smallest absolute Gasteiger partial charge is 0.193 e. The second-order valence-corrected chi connectivity index (χ2v) is 5.30. The molecule has 1 aromatic carbocycles. The van der Waals surface area contributed by atoms with Crippen LogP contribution in [0.2, 0.25) is 5.02 Å². The van der Waals surface area contributed by atoms with Gasteiger partial charge in [-0.05, 0) is 37.5 Å². The zero-order valence-electron chi connectivity index (χ0n) is 13.2. The van der Waals surface area contributed by atoms with Crippen molar-refractivity contribution in [1.82, 2.24) is 10.2 Å². The van der Waals surface area contributed by atoms with E-state index in [9.17, 15) is 0 Å². The normalized spacial score (nSPS) is 11.5. The van der Waals surface area contributed by atoms with Crippen molar-refractivity contribution in [3.8, 4) is 0 Å². The molecule has 5 heteroatoms. The third-order valence-electron chi connectivity index (χ3n) is 3.11. The summed E-state index contributed by atoms with van der Waals surface area (Å²) in [6.07, 6.45) is 2.15. The quantitative estimate of drug-likeness (QED) is 0.455. The van der Waals surface area contributed by atoms with Crippen LogP contribution in [-0.2, 0) is 11.3 Å². The van der Waals surface area contributed by atoms with E-state index < -0.39 is 0 Å². The molecule has 1 aromatic rings. The minimum absolute atomic E-state index is 0.762. The molecule has 1 rings (SSSR count). The molecule has 0 radical (unpaired) electrons. The van der Waals surface area contributed by atoms with Gasteiger partial charge in [-0.3, -0.25) is 4.99 Å². The second-order valence-electron chi connectivity index (χ2n) is 4.86. The van der Waals surface area contributed by atoms with E-state index in [1.165, 1.54) is 5.56 Å². The first-order chi connectivity index (χ1) is 10.2. The molecule has 0 aliphatic carbocycles. The molecular formula is C16H26ClN3O. The van der Waals surface area contributed by atoms with Crippen LogP contribution in [0.4, 0.5) is 0 Å². The van der Waals surface area contributed by atoms with Gasteiger partial charge in [0.15, 0.2) is 5.96 Å². The topological polar surface area (TPSA) is 36.9 Å². The van der Waals surface area contributed by atoms with Crippen LogP contribution in [0, 0.1) is 0 Å². The van der Waals surface area contributed by atoms with Crippen molar-refractivity contribution in [3.05, 3.63) is 34.9 Å². The molecule has 0 fully saturated rings. The Bertz CT molecular complexity index is 420. The second kappa shape index (κ2) is 10.5. The fourth-order valence-corrected chi connectivity index (χ4v) is 2.12. The van der Waals surface area contributed by atoms with Crippen molar-refractivity contribution in [3.63, 3.8) is 0 Å². The van der Waals surface area contributed by atoms with Gasteiger partial charge in [0.05, 0.1) is 0 Å². The maximum Gasteiger partial charge on any atom is 0.193 e. The molecule has 0 bridgehead atoms. The van der Waals surface area contributed by atoms with Crippen LogP contribution in [0.1, 0.15) is 25.3 Å². The number of nitrogens with zero attached hydrogens (tertiary/aromatic N) is 2. The fourth-order valence-electron chi connectivity index (χ4n) is 2.00. The van der Waals surface area contributed by atoms with Gasteiger partial charge >= 0.3 is 0 Å². The van der Waals surface area contributed by atoms with Gasteiger partial charge in [-0.25, -0.2) is 0 Å². The lowest BCUT2D eigenvalue weighted by molar-refractivity contribution is 0.143. The SMILES string of the molecule is CCOCCCCNC(=NC)N(C)Cc1ccc(Cl)cc1. The molecule has 21 heavy (non-hydrogen) atoms. The number of ether oxygens (including phenoxy) is 1. The summed E-state index contributed by atoms with van der Waals surface area (Å²) in [4.78, 5) is 6.41. The number of aliphatic imine (C=N–C) groups is 1. The van der Waals surface area contributed by atoms with Crippen molar-refractivity contribution >= 4 is 17.6 Å². The molecule has 1 N–H and O–H groups in total. The Morgan fingerprint density at radius 2 is 2.00 bits per heavy atom. The Kier molecular flexibility index (Phi) is 8.87. The fraction of sp³-hybridized carbons (Fsp3) is 0.562. The first kappa shape index (κ1) is 17.8. The Balaban J connectivity index is 2.32. The number of hydrogen-bond acceptors (Lipinski definition) is 2. The Morgan fingerprint density at radius 1 is 1.29 bits per heavy atom. The molecular weight excluding hydrogens is 286 g/mol. The van der Waals surface area contributed by atoms with E-state index in [1.807, 2.05) is 38.2 Å². The predicted octanol–water partition coefficient (Wildman–Crippen LogP) is 3.16. The molecule has 0 aliphatic heterocycles. The summed E-state index contributed by atoms with van der Waals surface area (Å²) in [5.41, 5.74) is 1.21. The number of nitrogens with one attached hydrogen (secondary N) is 1. The van der Waals surface area contributed by atoms with Crippen molar-refractivity contribution < 1.29 is 4.74 Å². The lowest BCUT2D eigenvalue weighted by Crippen LogP contribution is -2.38. The van der Waals surface area contributed by atoms with E-state index in [1.54, 1.807) is 7.05 Å². The van der Waals surface area contributed by atoms with Gasteiger partial charge in [0, 0.05) is 45.4 Å². The Morgan fingerprint density at radius 3 is 2.62 bits per heavy atom. The van der Waals surface area contributed by atoms with E-state index in [2.05, 4.69) is 15.2 Å². The van der Waals surface area contributed by atoms with Crippen LogP contribution >= 0.6 is 11.6 Å². The van der Waals surface area contributed by atoms with E-state index in [4.69, 9.17) is 16.3 Å². The first-order valence-corrected chi connectivity index (χ1v) is 7.79. The number of benzene rings is 1. The molecule has 0 atom stereocenters. The molecule has 0 saturated carbocycles. The van der Waals surface area contributed by atoms with E-state index in [0.717, 1.165) is 50.1 Å². The van der Waals surface area contributed by atoms with Crippen LogP contribution in [0.15, 0.2) is 29.3 Å². The summed E-state index contributed by atoms with van der Waals surface area (Å²) in [5.74, 6) is 0.904. The molecule has 0 aliphatic rings. The average Bonchev–Trinajstić information content (AvgIpc) is 2.49. The lowest BCUT2D eigenvalue weighted by Gasteiger charge is -2.22. The van der Waals surface area contributed by atoms with Crippen LogP contribution in [-0.4, -0.2) is 44.7 Å². The van der Waals surface area contributed by atoms with E-state index in [-0.39, 0.29) is 0 Å². The highest BCUT2D eigenvalue weighted by Gasteiger charge is 2.06. The maximum absolute atomic E-state index is 5.90. The van der Waals surface area contributed by atoms with Crippen molar-refractivity contribution in [2.24, 2.45) is 4.99 Å². The van der Waals surface area contributed by atoms with Crippen LogP contribution in [0.25, 0.3) is 0 Å². The standard InChI is InChI=1S/C16H26ClN3O/c1-4-21-12-6-5-11-19-16(18-2)20(3)13-14-7-9-15(17)10-8-14/h7-10H,4-6,11-13H2,1-3H3,(H,18,19). The summed E-state index contributed by atoms with van der Waals surface area (Å²) in [5, 5.41) is 4.13. The van der Waals surface area contributed by atoms with Crippen LogP contribution in [0.5, 0.6) is 0 Å². The third kappa shape index (κ3) is 7.34. The zero-order chi connectivity index (χ0) is 15.5. The van der Waals surface area contributed by atoms with E-state index in [0.29, 0.717) is 0 Å². The summed E-state index contributed by atoms with van der Waals surface area (Å²) in [6.45, 7) is 5.35. The molecule has 0 aromatic heterocycles. The van der Waals surface area contributed by atoms with Gasteiger partial charge in [-0.2, -0.15) is 0 Å². The highest BCUT2D eigenvalue weighted by atomic mass is 35.5. The predicted molar refractivity (Wildman–Crippen MR) is 90.0 cm³/mol. The number of hydrogen-bond donors (Lipinski definition) is 1. The maximum atomic E-state index is 5.90. The van der Waals surface area contributed by atoms with Gasteiger partial charge in [-0.1, -0.05) is 23.7 Å². The number of halogens is 1. The third-order valence-corrected chi connectivity index (χ3v) is 3.36. The number of unbranched alkanes of at least 4 members (excludes halogenated alkanes) is 1. The van der Waals surface area contributed by atoms with Crippen molar-refractivity contribution in [2.45, 2.75) is 26.3 Å². The van der Waals surface area contributed by atoms with E-state index >= 15 is 0 Å². The highest BCUT2D eigenvalue weighted by molar-refractivity contribution is 6.30. The van der Waals surface area contributed by atoms with Gasteiger partial charge < -0.3 is 15.0 Å². The minimum Gasteiger partial charge on any atom is -0.382 e. The molecule has 0 unspecified atom stereocenters. The van der Waals surface area contributed by atoms with Gasteiger partial charge in [0.25, 0.3) is 0 Å². The lowest BCUT2D eigenvalue weighted by atomic mass is 10.2. The molecule has 0 heterocycles. The number of guanidine groups is 1. The summed E-state index contributed by atoms with van der Waals surface area (Å²) in [7, 11) is 3.84. The average molecular weight is 312 g/mol. The van der Waals surface area contributed by atoms with Crippen LogP contribution < -0.4 is 5.32 Å². The molecule has 0 amide bonds. The summed E-state index contributed by atoms with van der Waals surface area (Å²) in [6, 6.07) is 7.89. The highest BCUT2D eigenvalue weighted by Crippen LogP contribution is 2.10.